The summed E-state index contributed by atoms with van der Waals surface area (Å²) in [5.74, 6) is 0.187. The van der Waals surface area contributed by atoms with E-state index in [-0.39, 0.29) is 11.2 Å². The fraction of sp³-hybridized carbons (Fsp3) is 0.667. The molecule has 0 spiro atoms. The van der Waals surface area contributed by atoms with Crippen LogP contribution in [0.5, 0.6) is 0 Å². The maximum absolute atomic E-state index is 11.7. The predicted molar refractivity (Wildman–Crippen MR) is 84.2 cm³/mol. The van der Waals surface area contributed by atoms with Crippen LogP contribution >= 0.6 is 27.3 Å². The molecule has 1 heterocycles. The molecule has 1 aromatic rings. The first kappa shape index (κ1) is 15.9. The van der Waals surface area contributed by atoms with E-state index in [4.69, 9.17) is 0 Å². The van der Waals surface area contributed by atoms with E-state index in [0.29, 0.717) is 0 Å². The van der Waals surface area contributed by atoms with Crippen molar-refractivity contribution in [2.75, 3.05) is 5.33 Å². The van der Waals surface area contributed by atoms with Crippen molar-refractivity contribution >= 4 is 33.0 Å². The van der Waals surface area contributed by atoms with Gasteiger partial charge >= 0.3 is 0 Å². The highest BCUT2D eigenvalue weighted by Crippen LogP contribution is 2.37. The normalized spacial score (nSPS) is 14.4. The second-order valence-corrected chi connectivity index (χ2v) is 6.70. The highest BCUT2D eigenvalue weighted by Gasteiger charge is 2.29. The van der Waals surface area contributed by atoms with Crippen molar-refractivity contribution in [3.63, 3.8) is 0 Å². The number of alkyl halides is 1. The number of ketones is 1. The van der Waals surface area contributed by atoms with E-state index in [0.717, 1.165) is 17.3 Å². The number of hydrogen-bond acceptors (Lipinski definition) is 2. The van der Waals surface area contributed by atoms with Crippen molar-refractivity contribution < 1.29 is 4.79 Å². The van der Waals surface area contributed by atoms with Gasteiger partial charge in [-0.1, -0.05) is 55.5 Å². The van der Waals surface area contributed by atoms with Crippen molar-refractivity contribution in [1.29, 1.82) is 0 Å². The van der Waals surface area contributed by atoms with Crippen LogP contribution in [-0.4, -0.2) is 11.1 Å². The Morgan fingerprint density at radius 3 is 2.67 bits per heavy atom. The molecule has 0 aromatic carbocycles. The number of unbranched alkanes of at least 4 members (excludes halogenated alkanes) is 3. The molecular weight excluding hydrogens is 308 g/mol. The average molecular weight is 331 g/mol. The van der Waals surface area contributed by atoms with E-state index in [2.05, 4.69) is 29.8 Å². The SMILES string of the molecule is CCCCCCC(C)(CBr)c1sccc1C(C)=O. The van der Waals surface area contributed by atoms with Gasteiger partial charge in [-0.05, 0) is 24.8 Å². The molecule has 102 valence electrons. The zero-order valence-corrected chi connectivity index (χ0v) is 14.0. The van der Waals surface area contributed by atoms with Crippen LogP contribution in [-0.2, 0) is 5.41 Å². The highest BCUT2D eigenvalue weighted by molar-refractivity contribution is 9.09. The molecule has 0 N–H and O–H groups in total. The lowest BCUT2D eigenvalue weighted by molar-refractivity contribution is 0.101. The maximum Gasteiger partial charge on any atom is 0.160 e. The number of halogens is 1. The van der Waals surface area contributed by atoms with Gasteiger partial charge < -0.3 is 0 Å². The Morgan fingerprint density at radius 2 is 2.11 bits per heavy atom. The van der Waals surface area contributed by atoms with Gasteiger partial charge in [0.25, 0.3) is 0 Å². The minimum atomic E-state index is 0.100. The second kappa shape index (κ2) is 7.44. The molecule has 0 saturated carbocycles. The maximum atomic E-state index is 11.7. The van der Waals surface area contributed by atoms with Crippen LogP contribution in [0.15, 0.2) is 11.4 Å². The zero-order chi connectivity index (χ0) is 13.6. The molecule has 1 atom stereocenters. The van der Waals surface area contributed by atoms with Crippen molar-refractivity contribution in [3.8, 4) is 0 Å². The van der Waals surface area contributed by atoms with E-state index in [9.17, 15) is 4.79 Å². The molecule has 1 unspecified atom stereocenters. The molecule has 0 bridgehead atoms. The van der Waals surface area contributed by atoms with E-state index in [1.54, 1.807) is 18.3 Å². The van der Waals surface area contributed by atoms with Gasteiger partial charge in [0, 0.05) is 21.2 Å². The van der Waals surface area contributed by atoms with Crippen LogP contribution in [0.2, 0.25) is 0 Å². The van der Waals surface area contributed by atoms with Crippen LogP contribution in [0.25, 0.3) is 0 Å². The van der Waals surface area contributed by atoms with Gasteiger partial charge in [-0.15, -0.1) is 11.3 Å². The van der Waals surface area contributed by atoms with Crippen molar-refractivity contribution in [3.05, 3.63) is 21.9 Å². The average Bonchev–Trinajstić information content (AvgIpc) is 2.84. The first-order chi connectivity index (χ1) is 8.55. The predicted octanol–water partition coefficient (Wildman–Crippen LogP) is 5.57. The molecule has 1 rings (SSSR count). The van der Waals surface area contributed by atoms with Crippen LogP contribution < -0.4 is 0 Å². The number of hydrogen-bond donors (Lipinski definition) is 0. The van der Waals surface area contributed by atoms with Gasteiger partial charge in [0.1, 0.15) is 0 Å². The van der Waals surface area contributed by atoms with Gasteiger partial charge in [-0.25, -0.2) is 0 Å². The summed E-state index contributed by atoms with van der Waals surface area (Å²) in [5, 5.41) is 2.96. The largest absolute Gasteiger partial charge is 0.294 e. The Labute approximate surface area is 123 Å². The van der Waals surface area contributed by atoms with Gasteiger partial charge in [-0.3, -0.25) is 4.79 Å². The Balaban J connectivity index is 2.79. The van der Waals surface area contributed by atoms with Crippen molar-refractivity contribution in [1.82, 2.24) is 0 Å². The molecule has 0 aliphatic heterocycles. The summed E-state index contributed by atoms with van der Waals surface area (Å²) < 4.78 is 0. The second-order valence-electron chi connectivity index (χ2n) is 5.22. The number of Topliss-reactive ketones (excluding diaryl/α,β-unsaturated/α-hetero) is 1. The molecule has 1 nitrogen and oxygen atoms in total. The minimum Gasteiger partial charge on any atom is -0.294 e. The number of carbonyl (C=O) groups excluding carboxylic acids is 1. The van der Waals surface area contributed by atoms with E-state index < -0.39 is 0 Å². The van der Waals surface area contributed by atoms with Crippen LogP contribution in [0.3, 0.4) is 0 Å². The number of carbonyl (C=O) groups is 1. The number of thiophene rings is 1. The van der Waals surface area contributed by atoms with E-state index in [1.807, 2.05) is 11.4 Å². The summed E-state index contributed by atoms with van der Waals surface area (Å²) in [6.07, 6.45) is 6.26. The lowest BCUT2D eigenvalue weighted by Crippen LogP contribution is -2.24. The molecule has 0 aliphatic carbocycles. The lowest BCUT2D eigenvalue weighted by atomic mass is 9.83. The lowest BCUT2D eigenvalue weighted by Gasteiger charge is -2.27. The fourth-order valence-electron chi connectivity index (χ4n) is 2.24. The van der Waals surface area contributed by atoms with Crippen molar-refractivity contribution in [2.45, 2.75) is 58.3 Å². The topological polar surface area (TPSA) is 17.1 Å². The van der Waals surface area contributed by atoms with Gasteiger partial charge in [-0.2, -0.15) is 0 Å². The fourth-order valence-corrected chi connectivity index (χ4v) is 4.12. The monoisotopic (exact) mass is 330 g/mol. The Kier molecular flexibility index (Phi) is 6.58. The van der Waals surface area contributed by atoms with E-state index >= 15 is 0 Å². The summed E-state index contributed by atoms with van der Waals surface area (Å²) in [7, 11) is 0. The third-order valence-electron chi connectivity index (χ3n) is 3.47. The third-order valence-corrected chi connectivity index (χ3v) is 5.93. The molecular formula is C15H23BrOS. The standard InChI is InChI=1S/C15H23BrOS/c1-4-5-6-7-9-15(3,11-16)14-13(12(2)17)8-10-18-14/h8,10H,4-7,9,11H2,1-3H3. The quantitative estimate of drug-likeness (QED) is 0.345. The highest BCUT2D eigenvalue weighted by atomic mass is 79.9. The molecule has 1 aromatic heterocycles. The van der Waals surface area contributed by atoms with Crippen LogP contribution in [0.4, 0.5) is 0 Å². The Hall–Kier alpha value is -0.150. The first-order valence-electron chi connectivity index (χ1n) is 6.70. The van der Waals surface area contributed by atoms with Gasteiger partial charge in [0.2, 0.25) is 0 Å². The van der Waals surface area contributed by atoms with Gasteiger partial charge in [0.15, 0.2) is 5.78 Å². The molecule has 0 amide bonds. The molecule has 0 fully saturated rings. The summed E-state index contributed by atoms with van der Waals surface area (Å²) in [4.78, 5) is 12.9. The molecule has 0 radical (unpaired) electrons. The Bertz CT molecular complexity index is 386. The van der Waals surface area contributed by atoms with Gasteiger partial charge in [0.05, 0.1) is 0 Å². The molecule has 0 aliphatic rings. The summed E-state index contributed by atoms with van der Waals surface area (Å²) in [6.45, 7) is 6.17. The first-order valence-corrected chi connectivity index (χ1v) is 8.70. The summed E-state index contributed by atoms with van der Waals surface area (Å²) >= 11 is 5.36. The smallest absolute Gasteiger partial charge is 0.160 e. The summed E-state index contributed by atoms with van der Waals surface area (Å²) in [6, 6.07) is 1.97. The summed E-state index contributed by atoms with van der Waals surface area (Å²) in [5.41, 5.74) is 1.01. The van der Waals surface area contributed by atoms with Crippen LogP contribution in [0, 0.1) is 0 Å². The Morgan fingerprint density at radius 1 is 1.39 bits per heavy atom. The molecule has 0 saturated heterocycles. The third kappa shape index (κ3) is 3.92. The minimum absolute atomic E-state index is 0.100. The molecule has 3 heteroatoms. The van der Waals surface area contributed by atoms with Crippen LogP contribution in [0.1, 0.15) is 68.1 Å². The molecule has 18 heavy (non-hydrogen) atoms. The van der Waals surface area contributed by atoms with Crippen molar-refractivity contribution in [2.24, 2.45) is 0 Å². The zero-order valence-electron chi connectivity index (χ0n) is 11.6. The number of rotatable bonds is 8. The van der Waals surface area contributed by atoms with E-state index in [1.165, 1.54) is 30.6 Å².